The molecular weight excluding hydrogens is 939 g/mol. The van der Waals surface area contributed by atoms with Crippen molar-refractivity contribution in [3.63, 3.8) is 0 Å². The minimum atomic E-state index is -4.99. The Morgan fingerprint density at radius 2 is 1.22 bits per heavy atom. The zero-order valence-corrected chi connectivity index (χ0v) is 42.8. The number of nitrogens with zero attached hydrogens (tertiary/aromatic N) is 8. The summed E-state index contributed by atoms with van der Waals surface area (Å²) >= 11 is 0. The van der Waals surface area contributed by atoms with Gasteiger partial charge in [-0.05, 0) is 71.1 Å². The number of guanidine groups is 1. The number of carbonyl (C=O) groups excluding carboxylic acids is 2. The normalized spacial score (nSPS) is 20.1. The number of allylic oxidation sites excluding steroid dienone is 1. The van der Waals surface area contributed by atoms with E-state index in [9.17, 15) is 31.0 Å². The molecule has 0 saturated carbocycles. The van der Waals surface area contributed by atoms with Crippen LogP contribution in [0, 0.1) is 0 Å². The lowest BCUT2D eigenvalue weighted by Gasteiger charge is -2.39. The maximum atomic E-state index is 12.4. The van der Waals surface area contributed by atoms with E-state index in [1.807, 2.05) is 13.0 Å². The number of aliphatic imine (C=N–C) groups is 1. The molecule has 4 atom stereocenters. The average molecular weight is 1020 g/mol. The van der Waals surface area contributed by atoms with Crippen molar-refractivity contribution in [2.24, 2.45) is 16.5 Å². The summed E-state index contributed by atoms with van der Waals surface area (Å²) in [5.74, 6) is 1.39. The molecule has 6 N–H and O–H groups in total. The molecule has 4 aliphatic rings. The third-order valence-corrected chi connectivity index (χ3v) is 13.4. The number of nitrogens with two attached hydrogens (primary N) is 2. The van der Waals surface area contributed by atoms with E-state index in [-0.39, 0.29) is 31.1 Å². The van der Waals surface area contributed by atoms with E-state index in [1.54, 1.807) is 6.07 Å². The van der Waals surface area contributed by atoms with Crippen LogP contribution in [0.4, 0.5) is 9.59 Å². The molecule has 4 aliphatic heterocycles. The van der Waals surface area contributed by atoms with Gasteiger partial charge >= 0.3 is 22.5 Å². The Morgan fingerprint density at radius 1 is 0.783 bits per heavy atom. The molecular formula is C44H77N11O12S2. The summed E-state index contributed by atoms with van der Waals surface area (Å²) in [6.45, 7) is 22.5. The van der Waals surface area contributed by atoms with E-state index in [2.05, 4.69) is 63.5 Å². The number of fused-ring (bicyclic) bond motifs is 4. The summed E-state index contributed by atoms with van der Waals surface area (Å²) in [5, 5.41) is 12.6. The van der Waals surface area contributed by atoms with Crippen LogP contribution < -0.4 is 16.8 Å². The van der Waals surface area contributed by atoms with Crippen LogP contribution in [-0.4, -0.2) is 143 Å². The molecule has 2 aromatic heterocycles. The number of hydroxylamine groups is 4. The van der Waals surface area contributed by atoms with Crippen molar-refractivity contribution in [3.05, 3.63) is 47.3 Å². The maximum Gasteiger partial charge on any atom is 0.418 e. The van der Waals surface area contributed by atoms with E-state index in [1.165, 1.54) is 91.8 Å². The number of hydrogen-bond donors (Lipinski definition) is 4. The van der Waals surface area contributed by atoms with Crippen molar-refractivity contribution in [2.45, 2.75) is 162 Å². The van der Waals surface area contributed by atoms with Gasteiger partial charge < -0.3 is 44.7 Å². The van der Waals surface area contributed by atoms with E-state index < -0.39 is 44.9 Å². The first-order valence-corrected chi connectivity index (χ1v) is 27.2. The van der Waals surface area contributed by atoms with Crippen LogP contribution in [0.2, 0.25) is 0 Å². The molecule has 0 aliphatic carbocycles. The Morgan fingerprint density at radius 3 is 1.61 bits per heavy atom. The van der Waals surface area contributed by atoms with Gasteiger partial charge in [0.1, 0.15) is 22.9 Å². The fraction of sp³-hybridized carbons (Fsp3) is 0.750. The molecule has 6 rings (SSSR count). The van der Waals surface area contributed by atoms with E-state index in [0.29, 0.717) is 84.5 Å². The number of aromatic nitrogens is 2. The fourth-order valence-corrected chi connectivity index (χ4v) is 9.92. The lowest BCUT2D eigenvalue weighted by atomic mass is 9.98. The molecule has 0 spiro atoms. The first-order chi connectivity index (χ1) is 32.7. The highest BCUT2D eigenvalue weighted by Gasteiger charge is 2.49. The number of aryl methyl sites for hydroxylation is 2. The first kappa shape index (κ1) is 57.1. The minimum Gasteiger partial charge on any atom is -0.724 e. The van der Waals surface area contributed by atoms with Crippen LogP contribution >= 0.6 is 0 Å². The molecule has 25 heteroatoms. The number of rotatable bonds is 27. The van der Waals surface area contributed by atoms with Crippen molar-refractivity contribution in [1.29, 1.82) is 0 Å². The van der Waals surface area contributed by atoms with Crippen molar-refractivity contribution < 1.29 is 57.6 Å². The molecule has 4 bridgehead atoms. The molecule has 0 aromatic carbocycles. The van der Waals surface area contributed by atoms with Crippen molar-refractivity contribution in [2.75, 3.05) is 52.4 Å². The SMILES string of the molecule is C=C(C)NCCCc1cc([C@@H]2CC[C@@H]3CN2C(=O)N3OS(=O)(=O)[O-])no1.CCCC[N+](CCCC)(CCCC)CCCC.NC(N)=NCCCc1cc([C@@H]2CC[C@@H]3CN2C(=O)N3OS(=O)(=O)O)no1. The van der Waals surface area contributed by atoms with E-state index in [4.69, 9.17) is 25.1 Å². The molecule has 4 amide bonds. The Kier molecular flexibility index (Phi) is 22.5. The molecule has 23 nitrogen and oxygen atoms in total. The van der Waals surface area contributed by atoms with E-state index >= 15 is 0 Å². The minimum absolute atomic E-state index is 0.0317. The largest absolute Gasteiger partial charge is 0.724 e. The van der Waals surface area contributed by atoms with Gasteiger partial charge in [0.05, 0.1) is 50.3 Å². The highest BCUT2D eigenvalue weighted by atomic mass is 32.3. The highest BCUT2D eigenvalue weighted by Crippen LogP contribution is 2.40. The monoisotopic (exact) mass is 1020 g/mol. The van der Waals surface area contributed by atoms with Crippen LogP contribution in [0.15, 0.2) is 38.4 Å². The maximum absolute atomic E-state index is 12.4. The standard InChI is InChI=1S/C16H36N.C15H22N4O6S.C13H20N6O6S/c1-5-9-13-17(14-10-6-2,15-11-7-3)16-12-8-4;1-10(2)16-7-3-4-12-8-13(17-24-12)14-6-5-11-9-18(14)15(20)19(11)25-26(21,22)23;14-12(15)16-5-1-2-9-6-10(17-24-9)11-4-3-8-7-18(11)13(20)19(8)25-26(21,22)23/h5-16H2,1-4H3;8,11,14,16H,1,3-7,9H2,2H3,(H,21,22,23);6,8,11H,1-5,7H2,(H4,14,15,16)(H,21,22,23)/q+1;;/p-1/t;11-,14+;8-,11+/m.11/s1. The average Bonchev–Trinajstić information content (AvgIpc) is 4.07. The van der Waals surface area contributed by atoms with Gasteiger partial charge in [0.15, 0.2) is 5.96 Å². The van der Waals surface area contributed by atoms with Crippen molar-refractivity contribution in [3.8, 4) is 0 Å². The summed E-state index contributed by atoms with van der Waals surface area (Å²) in [7, 11) is -9.75. The summed E-state index contributed by atoms with van der Waals surface area (Å²) in [6.07, 6.45) is 16.0. The van der Waals surface area contributed by atoms with Crippen LogP contribution in [0.5, 0.6) is 0 Å². The Hall–Kier alpha value is -4.53. The molecule has 4 saturated heterocycles. The molecule has 4 fully saturated rings. The molecule has 69 heavy (non-hydrogen) atoms. The van der Waals surface area contributed by atoms with Crippen LogP contribution in [0.25, 0.3) is 0 Å². The van der Waals surface area contributed by atoms with E-state index in [0.717, 1.165) is 18.7 Å². The third kappa shape index (κ3) is 18.0. The molecule has 0 unspecified atom stereocenters. The Labute approximate surface area is 408 Å². The predicted molar refractivity (Wildman–Crippen MR) is 255 cm³/mol. The van der Waals surface area contributed by atoms with Gasteiger partial charge in [0, 0.05) is 56.9 Å². The summed E-state index contributed by atoms with van der Waals surface area (Å²) in [4.78, 5) is 31.6. The lowest BCUT2D eigenvalue weighted by Crippen LogP contribution is -2.50. The zero-order chi connectivity index (χ0) is 50.8. The zero-order valence-electron chi connectivity index (χ0n) is 41.1. The summed E-state index contributed by atoms with van der Waals surface area (Å²) < 4.78 is 83.8. The quantitative estimate of drug-likeness (QED) is 0.0211. The van der Waals surface area contributed by atoms with Gasteiger partial charge in [-0.2, -0.15) is 22.8 Å². The van der Waals surface area contributed by atoms with Crippen LogP contribution in [-0.2, 0) is 42.2 Å². The number of quaternary nitrogens is 1. The van der Waals surface area contributed by atoms with Gasteiger partial charge in [-0.25, -0.2) is 18.0 Å². The Bertz CT molecular complexity index is 2150. The molecule has 392 valence electrons. The van der Waals surface area contributed by atoms with Gasteiger partial charge in [-0.15, -0.1) is 4.28 Å². The topological polar surface area (TPSA) is 306 Å². The Balaban J connectivity index is 0.000000232. The number of hydrogen-bond acceptors (Lipinski definition) is 15. The number of unbranched alkanes of at least 4 members (excludes halogenated alkanes) is 4. The predicted octanol–water partition coefficient (Wildman–Crippen LogP) is 5.62. The highest BCUT2D eigenvalue weighted by molar-refractivity contribution is 7.81. The number of piperidine rings is 2. The molecule has 0 radical (unpaired) electrons. The number of amides is 4. The third-order valence-electron chi connectivity index (χ3n) is 12.7. The van der Waals surface area contributed by atoms with Crippen LogP contribution in [0.1, 0.15) is 160 Å². The number of carbonyl (C=O) groups is 2. The number of urea groups is 2. The second-order valence-corrected chi connectivity index (χ2v) is 20.3. The summed E-state index contributed by atoms with van der Waals surface area (Å²) in [6, 6.07) is 0.734. The van der Waals surface area contributed by atoms with Crippen molar-refractivity contribution in [1.82, 2.24) is 35.6 Å². The molecule has 6 heterocycles. The first-order valence-electron chi connectivity index (χ1n) is 24.5. The second kappa shape index (κ2) is 27.2. The van der Waals surface area contributed by atoms with Crippen LogP contribution in [0.3, 0.4) is 0 Å². The molecule has 2 aromatic rings. The lowest BCUT2D eigenvalue weighted by molar-refractivity contribution is -0.929. The van der Waals surface area contributed by atoms with Gasteiger partial charge in [-0.3, -0.25) is 9.55 Å². The van der Waals surface area contributed by atoms with Gasteiger partial charge in [-0.1, -0.05) is 70.3 Å². The smallest absolute Gasteiger partial charge is 0.418 e. The fourth-order valence-electron chi connectivity index (χ4n) is 9.15. The number of nitrogens with one attached hydrogen (secondary N) is 1. The summed E-state index contributed by atoms with van der Waals surface area (Å²) in [5.41, 5.74) is 12.6. The van der Waals surface area contributed by atoms with Crippen molar-refractivity contribution >= 4 is 38.8 Å². The van der Waals surface area contributed by atoms with Gasteiger partial charge in [0.2, 0.25) is 10.4 Å². The second-order valence-electron chi connectivity index (χ2n) is 18.3. The van der Waals surface area contributed by atoms with Gasteiger partial charge in [0.25, 0.3) is 0 Å².